The highest BCUT2D eigenvalue weighted by atomic mass is 16.2. The molecule has 1 aliphatic carbocycles. The maximum atomic E-state index is 13.6. The number of anilines is 1. The third-order valence-electron chi connectivity index (χ3n) is 6.99. The Morgan fingerprint density at radius 1 is 1.00 bits per heavy atom. The molecule has 1 aromatic carbocycles. The van der Waals surface area contributed by atoms with E-state index in [2.05, 4.69) is 24.4 Å². The molecule has 0 spiro atoms. The smallest absolute Gasteiger partial charge is 0.231 e. The van der Waals surface area contributed by atoms with Crippen LogP contribution in [0, 0.1) is 11.8 Å². The highest BCUT2D eigenvalue weighted by Gasteiger charge is 2.43. The van der Waals surface area contributed by atoms with E-state index in [9.17, 15) is 9.59 Å². The third kappa shape index (κ3) is 3.57. The molecule has 4 unspecified atom stereocenters. The van der Waals surface area contributed by atoms with Gasteiger partial charge in [-0.1, -0.05) is 31.0 Å². The van der Waals surface area contributed by atoms with Crippen molar-refractivity contribution in [2.45, 2.75) is 64.0 Å². The van der Waals surface area contributed by atoms with Crippen molar-refractivity contribution in [3.63, 3.8) is 0 Å². The molecular formula is C23H33N3O2. The van der Waals surface area contributed by atoms with Crippen LogP contribution in [0.5, 0.6) is 0 Å². The average molecular weight is 384 g/mol. The maximum Gasteiger partial charge on any atom is 0.231 e. The summed E-state index contributed by atoms with van der Waals surface area (Å²) in [6.07, 6.45) is 6.85. The summed E-state index contributed by atoms with van der Waals surface area (Å²) in [5.74, 6) is 0.0393. The number of hydrogen-bond acceptors (Lipinski definition) is 3. The lowest BCUT2D eigenvalue weighted by Gasteiger charge is -2.39. The van der Waals surface area contributed by atoms with Gasteiger partial charge in [0.05, 0.1) is 5.92 Å². The lowest BCUT2D eigenvalue weighted by atomic mass is 9.77. The van der Waals surface area contributed by atoms with Gasteiger partial charge in [-0.05, 0) is 57.7 Å². The van der Waals surface area contributed by atoms with Gasteiger partial charge in [0.2, 0.25) is 11.8 Å². The minimum atomic E-state index is -0.176. The molecule has 4 atom stereocenters. The zero-order valence-electron chi connectivity index (χ0n) is 17.2. The number of likely N-dealkylation sites (tertiary alicyclic amines) is 1. The molecule has 0 aromatic heterocycles. The van der Waals surface area contributed by atoms with Gasteiger partial charge in [-0.3, -0.25) is 9.59 Å². The average Bonchev–Trinajstić information content (AvgIpc) is 3.08. The number of hydrogen-bond donors (Lipinski definition) is 1. The van der Waals surface area contributed by atoms with E-state index in [0.717, 1.165) is 63.7 Å². The Labute approximate surface area is 168 Å². The molecule has 2 fully saturated rings. The number of likely N-dealkylation sites (N-methyl/N-ethyl adjacent to an activating group) is 1. The minimum Gasteiger partial charge on any atom is -0.341 e. The van der Waals surface area contributed by atoms with Crippen LogP contribution in [0.1, 0.15) is 51.0 Å². The van der Waals surface area contributed by atoms with Crippen LogP contribution in [-0.2, 0) is 16.0 Å². The second-order valence-electron chi connectivity index (χ2n) is 8.80. The van der Waals surface area contributed by atoms with Crippen molar-refractivity contribution in [2.24, 2.45) is 11.8 Å². The van der Waals surface area contributed by atoms with E-state index in [0.29, 0.717) is 6.04 Å². The molecule has 0 bridgehead atoms. The van der Waals surface area contributed by atoms with Gasteiger partial charge in [0.15, 0.2) is 0 Å². The first-order valence-corrected chi connectivity index (χ1v) is 11.0. The van der Waals surface area contributed by atoms with Crippen LogP contribution in [0.25, 0.3) is 0 Å². The van der Waals surface area contributed by atoms with Gasteiger partial charge in [0.1, 0.15) is 0 Å². The minimum absolute atomic E-state index is 0.156. The zero-order chi connectivity index (χ0) is 19.7. The normalized spacial score (nSPS) is 30.2. The predicted molar refractivity (Wildman–Crippen MR) is 111 cm³/mol. The van der Waals surface area contributed by atoms with Crippen LogP contribution in [0.3, 0.4) is 0 Å². The molecule has 1 aromatic rings. The molecule has 1 N–H and O–H groups in total. The van der Waals surface area contributed by atoms with Crippen LogP contribution in [0.15, 0.2) is 24.3 Å². The van der Waals surface area contributed by atoms with E-state index < -0.39 is 0 Å². The van der Waals surface area contributed by atoms with E-state index in [4.69, 9.17) is 0 Å². The Morgan fingerprint density at radius 2 is 1.71 bits per heavy atom. The summed E-state index contributed by atoms with van der Waals surface area (Å²) in [5.41, 5.74) is 2.29. The van der Waals surface area contributed by atoms with E-state index in [-0.39, 0.29) is 29.7 Å². The van der Waals surface area contributed by atoms with Gasteiger partial charge in [0, 0.05) is 36.8 Å². The number of para-hydroxylation sites is 1. The SMILES string of the molecule is CNC1CCCN(C(=O)C2CCCCC2C(=O)N2c3ccccc3CC2C)C1. The first kappa shape index (κ1) is 19.4. The van der Waals surface area contributed by atoms with Crippen LogP contribution in [0.2, 0.25) is 0 Å². The molecule has 2 amide bonds. The van der Waals surface area contributed by atoms with Gasteiger partial charge in [-0.15, -0.1) is 0 Å². The molecule has 2 aliphatic heterocycles. The summed E-state index contributed by atoms with van der Waals surface area (Å²) in [7, 11) is 1.97. The number of rotatable bonds is 3. The van der Waals surface area contributed by atoms with Crippen molar-refractivity contribution in [3.8, 4) is 0 Å². The number of fused-ring (bicyclic) bond motifs is 1. The Morgan fingerprint density at radius 3 is 2.46 bits per heavy atom. The van der Waals surface area contributed by atoms with Gasteiger partial charge in [0.25, 0.3) is 0 Å². The molecule has 3 aliphatic rings. The van der Waals surface area contributed by atoms with E-state index in [1.165, 1.54) is 5.56 Å². The van der Waals surface area contributed by atoms with Gasteiger partial charge in [-0.25, -0.2) is 0 Å². The first-order chi connectivity index (χ1) is 13.6. The molecular weight excluding hydrogens is 350 g/mol. The van der Waals surface area contributed by atoms with E-state index >= 15 is 0 Å². The zero-order valence-corrected chi connectivity index (χ0v) is 17.2. The number of nitrogens with one attached hydrogen (secondary N) is 1. The van der Waals surface area contributed by atoms with E-state index in [1.807, 2.05) is 29.0 Å². The highest BCUT2D eigenvalue weighted by molar-refractivity contribution is 6.00. The number of nitrogens with zero attached hydrogens (tertiary/aromatic N) is 2. The van der Waals surface area contributed by atoms with Crippen molar-refractivity contribution in [1.82, 2.24) is 10.2 Å². The summed E-state index contributed by atoms with van der Waals surface area (Å²) in [6.45, 7) is 3.73. The molecule has 4 rings (SSSR count). The fraction of sp³-hybridized carbons (Fsp3) is 0.652. The van der Waals surface area contributed by atoms with Crippen molar-refractivity contribution >= 4 is 17.5 Å². The summed E-state index contributed by atoms with van der Waals surface area (Å²) in [4.78, 5) is 31.0. The van der Waals surface area contributed by atoms with Gasteiger partial charge in [-0.2, -0.15) is 0 Å². The summed E-state index contributed by atoms with van der Waals surface area (Å²) in [6, 6.07) is 8.77. The first-order valence-electron chi connectivity index (χ1n) is 11.0. The molecule has 2 heterocycles. The predicted octanol–water partition coefficient (Wildman–Crippen LogP) is 2.98. The molecule has 28 heavy (non-hydrogen) atoms. The van der Waals surface area contributed by atoms with Crippen molar-refractivity contribution in [1.29, 1.82) is 0 Å². The fourth-order valence-corrected chi connectivity index (χ4v) is 5.45. The number of carbonyl (C=O) groups excluding carboxylic acids is 2. The van der Waals surface area contributed by atoms with Crippen LogP contribution in [0.4, 0.5) is 5.69 Å². The third-order valence-corrected chi connectivity index (χ3v) is 6.99. The Bertz CT molecular complexity index is 734. The van der Waals surface area contributed by atoms with Gasteiger partial charge >= 0.3 is 0 Å². The molecule has 1 saturated carbocycles. The van der Waals surface area contributed by atoms with Crippen molar-refractivity contribution in [2.75, 3.05) is 25.0 Å². The van der Waals surface area contributed by atoms with Crippen molar-refractivity contribution in [3.05, 3.63) is 29.8 Å². The topological polar surface area (TPSA) is 52.7 Å². The Hall–Kier alpha value is -1.88. The number of benzene rings is 1. The largest absolute Gasteiger partial charge is 0.341 e. The van der Waals surface area contributed by atoms with Crippen LogP contribution < -0.4 is 10.2 Å². The molecule has 5 heteroatoms. The second kappa shape index (κ2) is 8.24. The lowest BCUT2D eigenvalue weighted by molar-refractivity contribution is -0.144. The molecule has 0 radical (unpaired) electrons. The van der Waals surface area contributed by atoms with Gasteiger partial charge < -0.3 is 15.1 Å². The molecule has 152 valence electrons. The maximum absolute atomic E-state index is 13.6. The van der Waals surface area contributed by atoms with E-state index in [1.54, 1.807) is 0 Å². The number of piperidine rings is 1. The monoisotopic (exact) mass is 383 g/mol. The Kier molecular flexibility index (Phi) is 5.72. The van der Waals surface area contributed by atoms with Crippen LogP contribution in [-0.4, -0.2) is 48.9 Å². The number of carbonyl (C=O) groups is 2. The lowest BCUT2D eigenvalue weighted by Crippen LogP contribution is -2.52. The fourth-order valence-electron chi connectivity index (χ4n) is 5.45. The summed E-state index contributed by atoms with van der Waals surface area (Å²) >= 11 is 0. The standard InChI is InChI=1S/C23H33N3O2/c1-16-14-17-8-3-6-12-21(17)26(16)23(28)20-11-5-4-10-19(20)22(27)25-13-7-9-18(15-25)24-2/h3,6,8,12,16,18-20,24H,4-5,7,9-11,13-15H2,1-2H3. The molecule has 1 saturated heterocycles. The second-order valence-corrected chi connectivity index (χ2v) is 8.80. The summed E-state index contributed by atoms with van der Waals surface area (Å²) < 4.78 is 0. The molecule has 5 nitrogen and oxygen atoms in total. The van der Waals surface area contributed by atoms with Crippen molar-refractivity contribution < 1.29 is 9.59 Å². The van der Waals surface area contributed by atoms with Crippen LogP contribution >= 0.6 is 0 Å². The quantitative estimate of drug-likeness (QED) is 0.873. The number of amides is 2. The highest BCUT2D eigenvalue weighted by Crippen LogP contribution is 2.38. The Balaban J connectivity index is 1.54. The summed E-state index contributed by atoms with van der Waals surface area (Å²) in [5, 5.41) is 3.32.